The first-order chi connectivity index (χ1) is 8.81. The van der Waals surface area contributed by atoms with Crippen molar-refractivity contribution in [1.82, 2.24) is 4.98 Å². The molecule has 1 fully saturated rings. The Hall–Kier alpha value is -1.97. The normalized spacial score (nSPS) is 21.8. The van der Waals surface area contributed by atoms with Gasteiger partial charge in [-0.2, -0.15) is 0 Å². The van der Waals surface area contributed by atoms with E-state index in [9.17, 15) is 0 Å². The Morgan fingerprint density at radius 1 is 1.44 bits per heavy atom. The predicted molar refractivity (Wildman–Crippen MR) is 70.7 cm³/mol. The number of methoxy groups -OCH3 is 1. The van der Waals surface area contributed by atoms with E-state index in [2.05, 4.69) is 22.4 Å². The predicted octanol–water partition coefficient (Wildman–Crippen LogP) is 3.27. The van der Waals surface area contributed by atoms with Gasteiger partial charge in [-0.25, -0.2) is 0 Å². The van der Waals surface area contributed by atoms with E-state index in [4.69, 9.17) is 9.94 Å². The Bertz CT molecular complexity index is 601. The zero-order valence-electron chi connectivity index (χ0n) is 10.3. The van der Waals surface area contributed by atoms with E-state index in [-0.39, 0.29) is 0 Å². The molecule has 0 unspecified atom stereocenters. The van der Waals surface area contributed by atoms with Crippen LogP contribution in [0.15, 0.2) is 29.6 Å². The molecule has 4 nitrogen and oxygen atoms in total. The Balaban J connectivity index is 2.01. The summed E-state index contributed by atoms with van der Waals surface area (Å²) in [6.07, 6.45) is 4.84. The Labute approximate surface area is 105 Å². The molecule has 3 rings (SSSR count). The van der Waals surface area contributed by atoms with Crippen molar-refractivity contribution in [1.29, 1.82) is 0 Å². The van der Waals surface area contributed by atoms with E-state index < -0.39 is 0 Å². The molecule has 1 aliphatic rings. The van der Waals surface area contributed by atoms with Crippen LogP contribution < -0.4 is 4.74 Å². The molecule has 1 heterocycles. The number of ether oxygens (including phenoxy) is 1. The van der Waals surface area contributed by atoms with Crippen LogP contribution in [0.25, 0.3) is 10.9 Å². The first-order valence-electron chi connectivity index (χ1n) is 6.16. The smallest absolute Gasteiger partial charge is 0.119 e. The van der Waals surface area contributed by atoms with E-state index in [1.54, 1.807) is 7.11 Å². The van der Waals surface area contributed by atoms with Crippen LogP contribution in [0.1, 0.15) is 30.7 Å². The standard InChI is InChI=1S/C14H16N2O2/c1-18-11-4-5-14-12(7-11)13(8-15-14)9-2-3-10(6-9)16-17/h4-5,7-9,15,17H,2-3,6H2,1H3/b16-10-/t9-/m0/s1. The number of hydrogen-bond donors (Lipinski definition) is 2. The number of H-pyrrole nitrogens is 1. The summed E-state index contributed by atoms with van der Waals surface area (Å²) in [6, 6.07) is 6.06. The van der Waals surface area contributed by atoms with Crippen LogP contribution in [-0.2, 0) is 0 Å². The third kappa shape index (κ3) is 1.74. The van der Waals surface area contributed by atoms with Gasteiger partial charge in [-0.05, 0) is 48.9 Å². The van der Waals surface area contributed by atoms with Gasteiger partial charge in [0.1, 0.15) is 5.75 Å². The molecule has 1 atom stereocenters. The Morgan fingerprint density at radius 2 is 2.33 bits per heavy atom. The summed E-state index contributed by atoms with van der Waals surface area (Å²) in [5.74, 6) is 1.31. The first-order valence-corrected chi connectivity index (χ1v) is 6.16. The van der Waals surface area contributed by atoms with Crippen molar-refractivity contribution in [2.45, 2.75) is 25.2 Å². The molecule has 2 aromatic rings. The van der Waals surface area contributed by atoms with Crippen LogP contribution in [0.5, 0.6) is 5.75 Å². The third-order valence-electron chi connectivity index (χ3n) is 3.77. The quantitative estimate of drug-likeness (QED) is 0.629. The fourth-order valence-corrected chi connectivity index (χ4v) is 2.77. The Kier molecular flexibility index (Phi) is 2.70. The highest BCUT2D eigenvalue weighted by Gasteiger charge is 2.24. The van der Waals surface area contributed by atoms with Crippen molar-refractivity contribution >= 4 is 16.6 Å². The zero-order valence-corrected chi connectivity index (χ0v) is 10.3. The fourth-order valence-electron chi connectivity index (χ4n) is 2.77. The SMILES string of the molecule is COc1ccc2[nH]cc([C@H]3CC/C(=N/O)C3)c2c1. The number of nitrogens with zero attached hydrogens (tertiary/aromatic N) is 1. The number of fused-ring (bicyclic) bond motifs is 1. The molecule has 0 bridgehead atoms. The van der Waals surface area contributed by atoms with Crippen molar-refractivity contribution in [3.63, 3.8) is 0 Å². The van der Waals surface area contributed by atoms with E-state index in [1.165, 1.54) is 10.9 Å². The fraction of sp³-hybridized carbons (Fsp3) is 0.357. The summed E-state index contributed by atoms with van der Waals surface area (Å²) in [4.78, 5) is 3.29. The highest BCUT2D eigenvalue weighted by atomic mass is 16.5. The molecule has 0 saturated heterocycles. The maximum absolute atomic E-state index is 8.84. The molecular weight excluding hydrogens is 228 g/mol. The van der Waals surface area contributed by atoms with Gasteiger partial charge in [0.05, 0.1) is 12.8 Å². The summed E-state index contributed by atoms with van der Waals surface area (Å²) in [7, 11) is 1.68. The monoisotopic (exact) mass is 244 g/mol. The summed E-state index contributed by atoms with van der Waals surface area (Å²) in [5, 5.41) is 13.4. The summed E-state index contributed by atoms with van der Waals surface area (Å²) < 4.78 is 5.27. The van der Waals surface area contributed by atoms with Crippen molar-refractivity contribution in [3.8, 4) is 5.75 Å². The molecule has 2 N–H and O–H groups in total. The van der Waals surface area contributed by atoms with Gasteiger partial charge in [0.25, 0.3) is 0 Å². The summed E-state index contributed by atoms with van der Waals surface area (Å²) in [6.45, 7) is 0. The Morgan fingerprint density at radius 3 is 3.06 bits per heavy atom. The van der Waals surface area contributed by atoms with Crippen LogP contribution in [0.3, 0.4) is 0 Å². The van der Waals surface area contributed by atoms with Gasteiger partial charge in [-0.3, -0.25) is 0 Å². The molecule has 1 aromatic carbocycles. The average Bonchev–Trinajstić information content (AvgIpc) is 3.03. The average molecular weight is 244 g/mol. The number of hydrogen-bond acceptors (Lipinski definition) is 3. The first kappa shape index (κ1) is 11.1. The van der Waals surface area contributed by atoms with Crippen molar-refractivity contribution in [2.24, 2.45) is 5.16 Å². The maximum Gasteiger partial charge on any atom is 0.119 e. The van der Waals surface area contributed by atoms with E-state index in [1.807, 2.05) is 12.1 Å². The molecule has 1 aliphatic carbocycles. The van der Waals surface area contributed by atoms with Crippen LogP contribution in [0, 0.1) is 0 Å². The molecule has 18 heavy (non-hydrogen) atoms. The molecule has 0 radical (unpaired) electrons. The van der Waals surface area contributed by atoms with Gasteiger partial charge in [0, 0.05) is 17.1 Å². The van der Waals surface area contributed by atoms with Crippen molar-refractivity contribution in [2.75, 3.05) is 7.11 Å². The second-order valence-corrected chi connectivity index (χ2v) is 4.76. The highest BCUT2D eigenvalue weighted by molar-refractivity contribution is 5.90. The number of benzene rings is 1. The second-order valence-electron chi connectivity index (χ2n) is 4.76. The summed E-state index contributed by atoms with van der Waals surface area (Å²) >= 11 is 0. The molecular formula is C14H16N2O2. The van der Waals surface area contributed by atoms with Crippen LogP contribution in [0.4, 0.5) is 0 Å². The minimum absolute atomic E-state index is 0.441. The number of oxime groups is 1. The van der Waals surface area contributed by atoms with Crippen LogP contribution in [-0.4, -0.2) is 23.0 Å². The minimum Gasteiger partial charge on any atom is -0.497 e. The van der Waals surface area contributed by atoms with Gasteiger partial charge >= 0.3 is 0 Å². The number of aromatic nitrogens is 1. The molecule has 94 valence electrons. The topological polar surface area (TPSA) is 57.6 Å². The second kappa shape index (κ2) is 4.37. The number of rotatable bonds is 2. The molecule has 0 aliphatic heterocycles. The lowest BCUT2D eigenvalue weighted by Crippen LogP contribution is -1.93. The van der Waals surface area contributed by atoms with Crippen molar-refractivity contribution in [3.05, 3.63) is 30.0 Å². The molecule has 0 amide bonds. The lowest BCUT2D eigenvalue weighted by Gasteiger charge is -2.07. The van der Waals surface area contributed by atoms with E-state index in [0.29, 0.717) is 5.92 Å². The van der Waals surface area contributed by atoms with E-state index >= 15 is 0 Å². The zero-order chi connectivity index (χ0) is 12.5. The largest absolute Gasteiger partial charge is 0.497 e. The molecule has 0 spiro atoms. The van der Waals surface area contributed by atoms with Gasteiger partial charge in [0.15, 0.2) is 0 Å². The molecule has 1 saturated carbocycles. The number of aromatic amines is 1. The minimum atomic E-state index is 0.441. The number of nitrogens with one attached hydrogen (secondary N) is 1. The lowest BCUT2D eigenvalue weighted by molar-refractivity contribution is 0.317. The van der Waals surface area contributed by atoms with Gasteiger partial charge in [0.2, 0.25) is 0 Å². The highest BCUT2D eigenvalue weighted by Crippen LogP contribution is 2.37. The molecule has 1 aromatic heterocycles. The van der Waals surface area contributed by atoms with Gasteiger partial charge in [-0.15, -0.1) is 0 Å². The van der Waals surface area contributed by atoms with Gasteiger partial charge in [-0.1, -0.05) is 5.16 Å². The summed E-state index contributed by atoms with van der Waals surface area (Å²) in [5.41, 5.74) is 3.32. The van der Waals surface area contributed by atoms with Gasteiger partial charge < -0.3 is 14.9 Å². The molecule has 4 heteroatoms. The van der Waals surface area contributed by atoms with Crippen molar-refractivity contribution < 1.29 is 9.94 Å². The third-order valence-corrected chi connectivity index (χ3v) is 3.77. The van der Waals surface area contributed by atoms with Crippen LogP contribution in [0.2, 0.25) is 0 Å². The van der Waals surface area contributed by atoms with E-state index in [0.717, 1.165) is 36.2 Å². The lowest BCUT2D eigenvalue weighted by atomic mass is 9.97. The maximum atomic E-state index is 8.84. The van der Waals surface area contributed by atoms with Crippen LogP contribution >= 0.6 is 0 Å².